The molecule has 1 saturated heterocycles. The van der Waals surface area contributed by atoms with Gasteiger partial charge >= 0.3 is 12.1 Å². The molecule has 14 heteroatoms. The summed E-state index contributed by atoms with van der Waals surface area (Å²) >= 11 is 0. The summed E-state index contributed by atoms with van der Waals surface area (Å²) in [6.45, 7) is 4.40. The Morgan fingerprint density at radius 2 is 1.89 bits per heavy atom. The minimum absolute atomic E-state index is 0.0491. The third-order valence-corrected chi connectivity index (χ3v) is 7.82. The minimum atomic E-state index is -4.65. The van der Waals surface area contributed by atoms with Gasteiger partial charge in [0.1, 0.15) is 12.1 Å². The summed E-state index contributed by atoms with van der Waals surface area (Å²) in [5.41, 5.74) is 0.401. The second-order valence-electron chi connectivity index (χ2n) is 8.19. The Morgan fingerprint density at radius 3 is 2.56 bits per heavy atom. The number of halogens is 3. The van der Waals surface area contributed by atoms with Crippen LogP contribution in [0.3, 0.4) is 0 Å². The number of sulfonamides is 1. The van der Waals surface area contributed by atoms with Crippen LogP contribution in [-0.4, -0.2) is 71.1 Å². The van der Waals surface area contributed by atoms with Crippen molar-refractivity contribution in [1.82, 2.24) is 23.9 Å². The molecule has 0 radical (unpaired) electrons. The smallest absolute Gasteiger partial charge is 0.416 e. The Kier molecular flexibility index (Phi) is 7.18. The molecule has 3 heterocycles. The van der Waals surface area contributed by atoms with Crippen LogP contribution in [0, 0.1) is 6.92 Å². The van der Waals surface area contributed by atoms with Gasteiger partial charge in [-0.15, -0.1) is 0 Å². The van der Waals surface area contributed by atoms with E-state index in [1.54, 1.807) is 18.4 Å². The third kappa shape index (κ3) is 5.14. The lowest BCUT2D eigenvalue weighted by molar-refractivity contribution is -0.143. The summed E-state index contributed by atoms with van der Waals surface area (Å²) in [5.74, 6) is 0.662. The number of aryl methyl sites for hydroxylation is 1. The lowest BCUT2D eigenvalue weighted by atomic mass is 10.1. The SMILES string of the molecule is CCOC(=O)CCc1c(C)nc2ncnn2c1N1CCN(S(=O)(=O)c2cccc(C(F)(F)F)c2)CC1. The average Bonchev–Trinajstić information content (AvgIpc) is 3.30. The van der Waals surface area contributed by atoms with Gasteiger partial charge in [-0.25, -0.2) is 13.4 Å². The van der Waals surface area contributed by atoms with E-state index in [1.807, 2.05) is 4.90 Å². The van der Waals surface area contributed by atoms with Crippen LogP contribution in [0.4, 0.5) is 19.0 Å². The van der Waals surface area contributed by atoms with E-state index in [1.165, 1.54) is 10.6 Å². The number of alkyl halides is 3. The van der Waals surface area contributed by atoms with Crippen molar-refractivity contribution >= 4 is 27.6 Å². The molecular weight excluding hydrogens is 501 g/mol. The summed E-state index contributed by atoms with van der Waals surface area (Å²) in [6, 6.07) is 3.74. The van der Waals surface area contributed by atoms with Crippen molar-refractivity contribution in [2.45, 2.75) is 37.8 Å². The monoisotopic (exact) mass is 526 g/mol. The maximum Gasteiger partial charge on any atom is 0.416 e. The molecule has 0 N–H and O–H groups in total. The van der Waals surface area contributed by atoms with Crippen molar-refractivity contribution in [3.05, 3.63) is 47.4 Å². The molecule has 0 bridgehead atoms. The van der Waals surface area contributed by atoms with Crippen LogP contribution in [0.1, 0.15) is 30.2 Å². The van der Waals surface area contributed by atoms with Gasteiger partial charge in [0.05, 0.1) is 17.1 Å². The van der Waals surface area contributed by atoms with Crippen LogP contribution < -0.4 is 4.90 Å². The first-order valence-electron chi connectivity index (χ1n) is 11.3. The molecule has 0 unspecified atom stereocenters. The van der Waals surface area contributed by atoms with E-state index in [2.05, 4.69) is 15.1 Å². The zero-order valence-electron chi connectivity index (χ0n) is 19.7. The summed E-state index contributed by atoms with van der Waals surface area (Å²) in [6.07, 6.45) is -2.82. The standard InChI is InChI=1S/C22H25F3N6O4S/c1-3-35-19(32)8-7-18-15(2)28-21-26-14-27-31(21)20(18)29-9-11-30(12-10-29)36(33,34)17-6-4-5-16(13-17)22(23,24)25/h4-6,13-14H,3,7-12H2,1-2H3. The van der Waals surface area contributed by atoms with E-state index in [0.717, 1.165) is 23.8 Å². The highest BCUT2D eigenvalue weighted by atomic mass is 32.2. The van der Waals surface area contributed by atoms with Crippen LogP contribution in [0.5, 0.6) is 0 Å². The minimum Gasteiger partial charge on any atom is -0.466 e. The Morgan fingerprint density at radius 1 is 1.17 bits per heavy atom. The zero-order chi connectivity index (χ0) is 26.1. The number of carbonyl (C=O) groups is 1. The predicted octanol–water partition coefficient (Wildman–Crippen LogP) is 2.46. The van der Waals surface area contributed by atoms with Crippen LogP contribution in [-0.2, 0) is 32.2 Å². The molecule has 4 rings (SSSR count). The Labute approximate surface area is 205 Å². The van der Waals surface area contributed by atoms with Crippen molar-refractivity contribution in [1.29, 1.82) is 0 Å². The number of hydrogen-bond acceptors (Lipinski definition) is 8. The van der Waals surface area contributed by atoms with E-state index < -0.39 is 26.7 Å². The van der Waals surface area contributed by atoms with Crippen molar-refractivity contribution in [3.8, 4) is 0 Å². The first kappa shape index (κ1) is 25.8. The van der Waals surface area contributed by atoms with Crippen LogP contribution in [0.2, 0.25) is 0 Å². The molecule has 194 valence electrons. The van der Waals surface area contributed by atoms with Gasteiger partial charge in [0.2, 0.25) is 10.0 Å². The second-order valence-corrected chi connectivity index (χ2v) is 10.1. The fraction of sp³-hybridized carbons (Fsp3) is 0.455. The van der Waals surface area contributed by atoms with E-state index in [4.69, 9.17) is 4.74 Å². The molecule has 1 fully saturated rings. The van der Waals surface area contributed by atoms with Gasteiger partial charge in [-0.05, 0) is 38.5 Å². The average molecular weight is 527 g/mol. The number of anilines is 1. The predicted molar refractivity (Wildman–Crippen MR) is 123 cm³/mol. The highest BCUT2D eigenvalue weighted by Crippen LogP contribution is 2.32. The molecule has 2 aromatic heterocycles. The number of aromatic nitrogens is 4. The largest absolute Gasteiger partial charge is 0.466 e. The fourth-order valence-electron chi connectivity index (χ4n) is 4.17. The number of piperazine rings is 1. The molecule has 0 spiro atoms. The lowest BCUT2D eigenvalue weighted by Gasteiger charge is -2.36. The van der Waals surface area contributed by atoms with Crippen LogP contribution in [0.25, 0.3) is 5.78 Å². The number of nitrogens with zero attached hydrogens (tertiary/aromatic N) is 6. The van der Waals surface area contributed by atoms with E-state index >= 15 is 0 Å². The van der Waals surface area contributed by atoms with Gasteiger partial charge in [-0.1, -0.05) is 6.07 Å². The normalized spacial score (nSPS) is 15.4. The van der Waals surface area contributed by atoms with E-state index in [0.29, 0.717) is 29.8 Å². The van der Waals surface area contributed by atoms with E-state index in [9.17, 15) is 26.4 Å². The highest BCUT2D eigenvalue weighted by Gasteiger charge is 2.34. The van der Waals surface area contributed by atoms with Gasteiger partial charge in [0, 0.05) is 43.9 Å². The molecule has 10 nitrogen and oxygen atoms in total. The zero-order valence-corrected chi connectivity index (χ0v) is 20.5. The van der Waals surface area contributed by atoms with Gasteiger partial charge in [0.15, 0.2) is 0 Å². The van der Waals surface area contributed by atoms with Crippen LogP contribution >= 0.6 is 0 Å². The first-order chi connectivity index (χ1) is 17.0. The molecule has 1 aliphatic rings. The van der Waals surface area contributed by atoms with Crippen molar-refractivity contribution < 1.29 is 31.1 Å². The van der Waals surface area contributed by atoms with Crippen molar-refractivity contribution in [2.24, 2.45) is 0 Å². The van der Waals surface area contributed by atoms with Crippen molar-refractivity contribution in [2.75, 3.05) is 37.7 Å². The number of benzene rings is 1. The van der Waals surface area contributed by atoms with Gasteiger partial charge in [0.25, 0.3) is 5.78 Å². The second kappa shape index (κ2) is 10.0. The maximum atomic E-state index is 13.1. The van der Waals surface area contributed by atoms with Gasteiger partial charge < -0.3 is 9.64 Å². The number of ether oxygens (including phenoxy) is 1. The molecule has 3 aromatic rings. The number of rotatable bonds is 7. The first-order valence-corrected chi connectivity index (χ1v) is 12.7. The topological polar surface area (TPSA) is 110 Å². The molecule has 36 heavy (non-hydrogen) atoms. The molecule has 0 atom stereocenters. The summed E-state index contributed by atoms with van der Waals surface area (Å²) in [5, 5.41) is 4.25. The highest BCUT2D eigenvalue weighted by molar-refractivity contribution is 7.89. The molecule has 0 amide bonds. The van der Waals surface area contributed by atoms with Crippen LogP contribution in [0.15, 0.2) is 35.5 Å². The molecule has 0 saturated carbocycles. The number of carbonyl (C=O) groups excluding carboxylic acids is 1. The number of fused-ring (bicyclic) bond motifs is 1. The van der Waals surface area contributed by atoms with Gasteiger partial charge in [-0.3, -0.25) is 4.79 Å². The summed E-state index contributed by atoms with van der Waals surface area (Å²) < 4.78 is 73.2. The Balaban J connectivity index is 1.58. The lowest BCUT2D eigenvalue weighted by Crippen LogP contribution is -2.49. The molecule has 0 aliphatic carbocycles. The summed E-state index contributed by atoms with van der Waals surface area (Å²) in [7, 11) is -4.13. The fourth-order valence-corrected chi connectivity index (χ4v) is 5.64. The van der Waals surface area contributed by atoms with E-state index in [-0.39, 0.29) is 45.2 Å². The maximum absolute atomic E-state index is 13.1. The quantitative estimate of drug-likeness (QED) is 0.432. The Hall–Kier alpha value is -3.26. The van der Waals surface area contributed by atoms with Gasteiger partial charge in [-0.2, -0.15) is 32.1 Å². The molecule has 1 aromatic carbocycles. The number of esters is 1. The molecule has 1 aliphatic heterocycles. The van der Waals surface area contributed by atoms with Crippen molar-refractivity contribution in [3.63, 3.8) is 0 Å². The summed E-state index contributed by atoms with van der Waals surface area (Å²) in [4.78, 5) is 22.1. The number of hydrogen-bond donors (Lipinski definition) is 0. The third-order valence-electron chi connectivity index (χ3n) is 5.93. The molecular formula is C22H25F3N6O4S. The Bertz CT molecular complexity index is 1370.